The van der Waals surface area contributed by atoms with Crippen LogP contribution in [0.2, 0.25) is 0 Å². The minimum absolute atomic E-state index is 0.666. The molecule has 0 saturated heterocycles. The van der Waals surface area contributed by atoms with Crippen LogP contribution >= 0.6 is 11.6 Å². The molecule has 70 valence electrons. The Balaban J connectivity index is 2.49. The summed E-state index contributed by atoms with van der Waals surface area (Å²) < 4.78 is 0. The van der Waals surface area contributed by atoms with E-state index in [4.69, 9.17) is 17.3 Å². The summed E-state index contributed by atoms with van der Waals surface area (Å²) in [4.78, 5) is 4.00. The molecule has 0 amide bonds. The van der Waals surface area contributed by atoms with E-state index >= 15 is 0 Å². The Morgan fingerprint density at radius 2 is 2.31 bits per heavy atom. The Morgan fingerprint density at radius 1 is 1.46 bits per heavy atom. The third kappa shape index (κ3) is 3.47. The number of allylic oxidation sites excluding steroid dienone is 2. The van der Waals surface area contributed by atoms with Crippen molar-refractivity contribution >= 4 is 17.3 Å². The van der Waals surface area contributed by atoms with Gasteiger partial charge < -0.3 is 5.73 Å². The van der Waals surface area contributed by atoms with Gasteiger partial charge in [-0.25, -0.2) is 0 Å². The smallest absolute Gasteiger partial charge is 0.0380 e. The number of pyridine rings is 1. The number of nitrogens with two attached hydrogens (primary N) is 1. The number of alkyl halides is 1. The van der Waals surface area contributed by atoms with E-state index in [1.807, 2.05) is 6.07 Å². The molecule has 13 heavy (non-hydrogen) atoms. The minimum atomic E-state index is 0.666. The zero-order valence-corrected chi connectivity index (χ0v) is 8.17. The highest BCUT2D eigenvalue weighted by Crippen LogP contribution is 2.09. The fourth-order valence-corrected chi connectivity index (χ4v) is 1.13. The summed E-state index contributed by atoms with van der Waals surface area (Å²) in [5.74, 6) is 0.666. The van der Waals surface area contributed by atoms with Crippen molar-refractivity contribution in [3.05, 3.63) is 36.2 Å². The van der Waals surface area contributed by atoms with E-state index in [0.717, 1.165) is 24.1 Å². The maximum atomic E-state index is 5.74. The van der Waals surface area contributed by atoms with E-state index in [-0.39, 0.29) is 0 Å². The Labute approximate surface area is 83.4 Å². The molecule has 0 aromatic carbocycles. The van der Waals surface area contributed by atoms with Crippen LogP contribution < -0.4 is 5.73 Å². The lowest BCUT2D eigenvalue weighted by molar-refractivity contribution is 1.16. The molecule has 0 radical (unpaired) electrons. The van der Waals surface area contributed by atoms with Crippen LogP contribution in [0.15, 0.2) is 30.6 Å². The van der Waals surface area contributed by atoms with E-state index in [1.54, 1.807) is 12.4 Å². The number of nitrogen functional groups attached to an aromatic ring is 1. The molecule has 2 nitrogen and oxygen atoms in total. The van der Waals surface area contributed by atoms with Gasteiger partial charge in [0, 0.05) is 24.0 Å². The van der Waals surface area contributed by atoms with Crippen molar-refractivity contribution in [1.82, 2.24) is 4.98 Å². The number of anilines is 1. The van der Waals surface area contributed by atoms with Crippen molar-refractivity contribution in [2.75, 3.05) is 11.6 Å². The van der Waals surface area contributed by atoms with Gasteiger partial charge in [0.25, 0.3) is 0 Å². The summed E-state index contributed by atoms with van der Waals surface area (Å²) >= 11 is 5.53. The van der Waals surface area contributed by atoms with Crippen molar-refractivity contribution in [3.8, 4) is 0 Å². The van der Waals surface area contributed by atoms with Crippen LogP contribution in [0.25, 0.3) is 0 Å². The quantitative estimate of drug-likeness (QED) is 0.593. The van der Waals surface area contributed by atoms with Crippen LogP contribution in [0.4, 0.5) is 5.69 Å². The molecule has 2 N–H and O–H groups in total. The first-order valence-corrected chi connectivity index (χ1v) is 4.77. The molecule has 0 bridgehead atoms. The summed E-state index contributed by atoms with van der Waals surface area (Å²) in [5.41, 5.74) is 7.60. The van der Waals surface area contributed by atoms with E-state index in [0.29, 0.717) is 5.88 Å². The molecule has 1 aromatic rings. The number of hydrogen-bond donors (Lipinski definition) is 1. The van der Waals surface area contributed by atoms with Crippen LogP contribution in [0, 0.1) is 0 Å². The zero-order valence-electron chi connectivity index (χ0n) is 7.41. The number of hydrogen-bond acceptors (Lipinski definition) is 2. The fourth-order valence-electron chi connectivity index (χ4n) is 1.000. The number of halogens is 1. The molecule has 3 heteroatoms. The SMILES string of the molecule is Nc1ccncc1CC=CCCCl. The van der Waals surface area contributed by atoms with Crippen molar-refractivity contribution in [2.45, 2.75) is 12.8 Å². The minimum Gasteiger partial charge on any atom is -0.398 e. The van der Waals surface area contributed by atoms with Gasteiger partial charge in [0.15, 0.2) is 0 Å². The largest absolute Gasteiger partial charge is 0.398 e. The van der Waals surface area contributed by atoms with Crippen molar-refractivity contribution in [3.63, 3.8) is 0 Å². The fraction of sp³-hybridized carbons (Fsp3) is 0.300. The third-order valence-electron chi connectivity index (χ3n) is 1.72. The van der Waals surface area contributed by atoms with Gasteiger partial charge in [-0.15, -0.1) is 11.6 Å². The van der Waals surface area contributed by atoms with Gasteiger partial charge in [-0.1, -0.05) is 12.2 Å². The molecule has 1 aromatic heterocycles. The Kier molecular flexibility index (Phi) is 4.33. The number of rotatable bonds is 4. The Hall–Kier alpha value is -1.02. The molecule has 0 fully saturated rings. The average molecular weight is 197 g/mol. The lowest BCUT2D eigenvalue weighted by Crippen LogP contribution is -1.93. The topological polar surface area (TPSA) is 38.9 Å². The lowest BCUT2D eigenvalue weighted by atomic mass is 10.1. The van der Waals surface area contributed by atoms with Crippen LogP contribution in [-0.2, 0) is 6.42 Å². The Bertz CT molecular complexity index is 284. The van der Waals surface area contributed by atoms with Crippen molar-refractivity contribution in [1.29, 1.82) is 0 Å². The van der Waals surface area contributed by atoms with Crippen molar-refractivity contribution in [2.24, 2.45) is 0 Å². The van der Waals surface area contributed by atoms with Crippen LogP contribution in [-0.4, -0.2) is 10.9 Å². The average Bonchev–Trinajstić information content (AvgIpc) is 2.15. The molecule has 0 saturated carbocycles. The van der Waals surface area contributed by atoms with Gasteiger partial charge in [-0.2, -0.15) is 0 Å². The third-order valence-corrected chi connectivity index (χ3v) is 1.94. The van der Waals surface area contributed by atoms with Crippen LogP contribution in [0.1, 0.15) is 12.0 Å². The van der Waals surface area contributed by atoms with Gasteiger partial charge in [0.1, 0.15) is 0 Å². The van der Waals surface area contributed by atoms with E-state index in [2.05, 4.69) is 17.1 Å². The molecule has 0 unspecified atom stereocenters. The second-order valence-electron chi connectivity index (χ2n) is 2.73. The summed E-state index contributed by atoms with van der Waals surface area (Å²) in [6.07, 6.45) is 9.34. The van der Waals surface area contributed by atoms with Crippen LogP contribution in [0.5, 0.6) is 0 Å². The predicted octanol–water partition coefficient (Wildman–Crippen LogP) is 2.39. The second kappa shape index (κ2) is 5.60. The summed E-state index contributed by atoms with van der Waals surface area (Å²) in [6.45, 7) is 0. The Morgan fingerprint density at radius 3 is 3.00 bits per heavy atom. The first kappa shape index (κ1) is 10.1. The van der Waals surface area contributed by atoms with E-state index in [1.165, 1.54) is 0 Å². The molecule has 0 aliphatic carbocycles. The monoisotopic (exact) mass is 196 g/mol. The van der Waals surface area contributed by atoms with E-state index in [9.17, 15) is 0 Å². The molecular formula is C10H13ClN2. The van der Waals surface area contributed by atoms with E-state index < -0.39 is 0 Å². The van der Waals surface area contributed by atoms with Crippen LogP contribution in [0.3, 0.4) is 0 Å². The zero-order chi connectivity index (χ0) is 9.52. The molecule has 1 heterocycles. The second-order valence-corrected chi connectivity index (χ2v) is 3.11. The molecule has 0 aliphatic heterocycles. The maximum Gasteiger partial charge on any atom is 0.0380 e. The highest BCUT2D eigenvalue weighted by atomic mass is 35.5. The van der Waals surface area contributed by atoms with Crippen molar-refractivity contribution < 1.29 is 0 Å². The molecule has 0 spiro atoms. The van der Waals surface area contributed by atoms with Gasteiger partial charge in [0.2, 0.25) is 0 Å². The normalized spacial score (nSPS) is 10.8. The van der Waals surface area contributed by atoms with Gasteiger partial charge in [-0.05, 0) is 24.5 Å². The standard InChI is InChI=1S/C10H13ClN2/c11-6-3-1-2-4-9-8-13-7-5-10(9)12/h1-2,5,7-8H,3-4,6H2,(H2,12,13). The summed E-state index contributed by atoms with van der Waals surface area (Å²) in [5, 5.41) is 0. The number of aromatic nitrogens is 1. The maximum absolute atomic E-state index is 5.74. The van der Waals surface area contributed by atoms with Gasteiger partial charge >= 0.3 is 0 Å². The first-order chi connectivity index (χ1) is 6.34. The first-order valence-electron chi connectivity index (χ1n) is 4.24. The summed E-state index contributed by atoms with van der Waals surface area (Å²) in [7, 11) is 0. The molecular weight excluding hydrogens is 184 g/mol. The molecule has 1 rings (SSSR count). The van der Waals surface area contributed by atoms with Gasteiger partial charge in [-0.3, -0.25) is 4.98 Å². The molecule has 0 atom stereocenters. The molecule has 0 aliphatic rings. The predicted molar refractivity (Wildman–Crippen MR) is 56.8 cm³/mol. The highest BCUT2D eigenvalue weighted by Gasteiger charge is 1.93. The number of nitrogens with zero attached hydrogens (tertiary/aromatic N) is 1. The summed E-state index contributed by atoms with van der Waals surface area (Å²) in [6, 6.07) is 1.81. The highest BCUT2D eigenvalue weighted by molar-refractivity contribution is 6.17. The lowest BCUT2D eigenvalue weighted by Gasteiger charge is -1.99. The van der Waals surface area contributed by atoms with Gasteiger partial charge in [0.05, 0.1) is 0 Å².